The number of pyridine rings is 1. The highest BCUT2D eigenvalue weighted by Gasteiger charge is 1.86. The molecule has 64 valence electrons. The summed E-state index contributed by atoms with van der Waals surface area (Å²) in [6, 6.07) is 3.93. The molecule has 0 amide bonds. The van der Waals surface area contributed by atoms with Crippen LogP contribution in [0.5, 0.6) is 0 Å². The molecule has 0 saturated carbocycles. The summed E-state index contributed by atoms with van der Waals surface area (Å²) >= 11 is 0. The number of rotatable bonds is 3. The van der Waals surface area contributed by atoms with Crippen molar-refractivity contribution in [3.8, 4) is 0 Å². The van der Waals surface area contributed by atoms with Crippen LogP contribution in [0.1, 0.15) is 5.56 Å². The molecule has 0 unspecified atom stereocenters. The number of aliphatic imine (C=N–C) groups is 1. The van der Waals surface area contributed by atoms with Gasteiger partial charge >= 0.3 is 0 Å². The Bertz CT molecular complexity index is 241. The zero-order chi connectivity index (χ0) is 8.81. The molecule has 0 aliphatic carbocycles. The lowest BCUT2D eigenvalue weighted by atomic mass is 10.3. The highest BCUT2D eigenvalue weighted by Crippen LogP contribution is 1.96. The summed E-state index contributed by atoms with van der Waals surface area (Å²) in [5, 5.41) is 0. The van der Waals surface area contributed by atoms with E-state index in [1.54, 1.807) is 18.7 Å². The largest absolute Gasteiger partial charge is 0.369 e. The monoisotopic (exact) mass is 163 g/mol. The minimum absolute atomic E-state index is 0.723. The summed E-state index contributed by atoms with van der Waals surface area (Å²) in [5.74, 6) is 0. The Balaban J connectivity index is 2.43. The third-order valence-corrected chi connectivity index (χ3v) is 1.34. The SMILES string of the molecule is CN(C)C=NCc1ccncc1. The van der Waals surface area contributed by atoms with Crippen LogP contribution in [-0.2, 0) is 6.54 Å². The van der Waals surface area contributed by atoms with E-state index < -0.39 is 0 Å². The van der Waals surface area contributed by atoms with Crippen molar-refractivity contribution in [1.82, 2.24) is 9.88 Å². The molecule has 0 bridgehead atoms. The van der Waals surface area contributed by atoms with Gasteiger partial charge in [-0.2, -0.15) is 0 Å². The van der Waals surface area contributed by atoms with E-state index in [1.807, 2.05) is 31.1 Å². The molecule has 0 saturated heterocycles. The highest BCUT2D eigenvalue weighted by molar-refractivity contribution is 5.53. The van der Waals surface area contributed by atoms with E-state index in [1.165, 1.54) is 5.56 Å². The van der Waals surface area contributed by atoms with Gasteiger partial charge in [0.05, 0.1) is 12.9 Å². The van der Waals surface area contributed by atoms with Gasteiger partial charge in [0.15, 0.2) is 0 Å². The highest BCUT2D eigenvalue weighted by atomic mass is 15.1. The zero-order valence-corrected chi connectivity index (χ0v) is 7.44. The van der Waals surface area contributed by atoms with Gasteiger partial charge in [-0.1, -0.05) is 0 Å². The van der Waals surface area contributed by atoms with Crippen molar-refractivity contribution in [2.24, 2.45) is 4.99 Å². The third-order valence-electron chi connectivity index (χ3n) is 1.34. The zero-order valence-electron chi connectivity index (χ0n) is 7.44. The van der Waals surface area contributed by atoms with Crippen molar-refractivity contribution in [2.75, 3.05) is 14.1 Å². The Labute approximate surface area is 72.8 Å². The first-order chi connectivity index (χ1) is 5.79. The minimum Gasteiger partial charge on any atom is -0.369 e. The van der Waals surface area contributed by atoms with Gasteiger partial charge < -0.3 is 4.90 Å². The predicted molar refractivity (Wildman–Crippen MR) is 50.1 cm³/mol. The second kappa shape index (κ2) is 4.49. The van der Waals surface area contributed by atoms with Gasteiger partial charge in [-0.25, -0.2) is 0 Å². The third kappa shape index (κ3) is 3.14. The van der Waals surface area contributed by atoms with Crippen molar-refractivity contribution in [1.29, 1.82) is 0 Å². The molecule has 0 N–H and O–H groups in total. The van der Waals surface area contributed by atoms with E-state index >= 15 is 0 Å². The van der Waals surface area contributed by atoms with Crippen LogP contribution >= 0.6 is 0 Å². The van der Waals surface area contributed by atoms with Gasteiger partial charge in [-0.15, -0.1) is 0 Å². The Morgan fingerprint density at radius 3 is 2.67 bits per heavy atom. The van der Waals surface area contributed by atoms with Crippen LogP contribution in [-0.4, -0.2) is 30.3 Å². The molecule has 0 aliphatic rings. The first-order valence-corrected chi connectivity index (χ1v) is 3.84. The predicted octanol–water partition coefficient (Wildman–Crippen LogP) is 1.17. The molecule has 12 heavy (non-hydrogen) atoms. The maximum Gasteiger partial charge on any atom is 0.0848 e. The topological polar surface area (TPSA) is 28.5 Å². The summed E-state index contributed by atoms with van der Waals surface area (Å²) in [7, 11) is 3.91. The van der Waals surface area contributed by atoms with Gasteiger partial charge in [0.25, 0.3) is 0 Å². The van der Waals surface area contributed by atoms with Crippen LogP contribution in [0, 0.1) is 0 Å². The van der Waals surface area contributed by atoms with Crippen LogP contribution in [0.2, 0.25) is 0 Å². The van der Waals surface area contributed by atoms with Gasteiger partial charge in [0.2, 0.25) is 0 Å². The molecule has 0 spiro atoms. The van der Waals surface area contributed by atoms with Crippen molar-refractivity contribution in [2.45, 2.75) is 6.54 Å². The molecule has 3 nitrogen and oxygen atoms in total. The summed E-state index contributed by atoms with van der Waals surface area (Å²) in [4.78, 5) is 10.1. The lowest BCUT2D eigenvalue weighted by molar-refractivity contribution is 0.638. The van der Waals surface area contributed by atoms with E-state index in [4.69, 9.17) is 0 Å². The molecule has 1 heterocycles. The normalized spacial score (nSPS) is 10.5. The Hall–Kier alpha value is -1.38. The van der Waals surface area contributed by atoms with Crippen molar-refractivity contribution in [3.05, 3.63) is 30.1 Å². The smallest absolute Gasteiger partial charge is 0.0848 e. The molecular formula is C9H13N3. The maximum absolute atomic E-state index is 4.21. The van der Waals surface area contributed by atoms with Crippen LogP contribution in [0.25, 0.3) is 0 Å². The number of aromatic nitrogens is 1. The molecule has 0 atom stereocenters. The Morgan fingerprint density at radius 1 is 1.42 bits per heavy atom. The van der Waals surface area contributed by atoms with Gasteiger partial charge in [-0.3, -0.25) is 9.98 Å². The van der Waals surface area contributed by atoms with E-state index in [2.05, 4.69) is 9.98 Å². The van der Waals surface area contributed by atoms with Crippen LogP contribution in [0.15, 0.2) is 29.5 Å². The number of hydrogen-bond donors (Lipinski definition) is 0. The fourth-order valence-corrected chi connectivity index (χ4v) is 0.798. The van der Waals surface area contributed by atoms with E-state index in [-0.39, 0.29) is 0 Å². The minimum atomic E-state index is 0.723. The molecule has 0 fully saturated rings. The first-order valence-electron chi connectivity index (χ1n) is 3.84. The summed E-state index contributed by atoms with van der Waals surface area (Å²) < 4.78 is 0. The fraction of sp³-hybridized carbons (Fsp3) is 0.333. The summed E-state index contributed by atoms with van der Waals surface area (Å²) in [6.07, 6.45) is 5.36. The summed E-state index contributed by atoms with van der Waals surface area (Å²) in [6.45, 7) is 0.723. The van der Waals surface area contributed by atoms with Crippen LogP contribution in [0.3, 0.4) is 0 Å². The average Bonchev–Trinajstić information content (AvgIpc) is 2.05. The van der Waals surface area contributed by atoms with Crippen molar-refractivity contribution in [3.63, 3.8) is 0 Å². The average molecular weight is 163 g/mol. The Morgan fingerprint density at radius 2 is 2.08 bits per heavy atom. The van der Waals surface area contributed by atoms with E-state index in [0.29, 0.717) is 0 Å². The fourth-order valence-electron chi connectivity index (χ4n) is 0.798. The first kappa shape index (κ1) is 8.71. The summed E-state index contributed by atoms with van der Waals surface area (Å²) in [5.41, 5.74) is 1.18. The van der Waals surface area contributed by atoms with Crippen molar-refractivity contribution < 1.29 is 0 Å². The van der Waals surface area contributed by atoms with Gasteiger partial charge in [0, 0.05) is 26.5 Å². The molecule has 1 aromatic heterocycles. The molecule has 0 aliphatic heterocycles. The molecule has 0 aromatic carbocycles. The lowest BCUT2D eigenvalue weighted by Crippen LogP contribution is -2.07. The van der Waals surface area contributed by atoms with Crippen LogP contribution in [0.4, 0.5) is 0 Å². The van der Waals surface area contributed by atoms with Crippen LogP contribution < -0.4 is 0 Å². The van der Waals surface area contributed by atoms with E-state index in [0.717, 1.165) is 6.54 Å². The molecule has 3 heteroatoms. The second-order valence-corrected chi connectivity index (χ2v) is 2.78. The maximum atomic E-state index is 4.21. The molecular weight excluding hydrogens is 150 g/mol. The lowest BCUT2D eigenvalue weighted by Gasteiger charge is -2.01. The van der Waals surface area contributed by atoms with Crippen molar-refractivity contribution >= 4 is 6.34 Å². The van der Waals surface area contributed by atoms with Gasteiger partial charge in [0.1, 0.15) is 0 Å². The molecule has 0 radical (unpaired) electrons. The standard InChI is InChI=1S/C9H13N3/c1-12(2)8-11-7-9-3-5-10-6-4-9/h3-6,8H,7H2,1-2H3. The molecule has 1 aromatic rings. The van der Waals surface area contributed by atoms with E-state index in [9.17, 15) is 0 Å². The Kier molecular flexibility index (Phi) is 3.26. The quantitative estimate of drug-likeness (QED) is 0.494. The number of hydrogen-bond acceptors (Lipinski definition) is 2. The second-order valence-electron chi connectivity index (χ2n) is 2.78. The molecule has 1 rings (SSSR count). The number of nitrogens with zero attached hydrogens (tertiary/aromatic N) is 3. The van der Waals surface area contributed by atoms with Gasteiger partial charge in [-0.05, 0) is 17.7 Å².